The summed E-state index contributed by atoms with van der Waals surface area (Å²) >= 11 is 0. The molecule has 1 unspecified atom stereocenters. The zero-order valence-corrected chi connectivity index (χ0v) is 23.9. The van der Waals surface area contributed by atoms with E-state index in [-0.39, 0.29) is 5.91 Å². The predicted molar refractivity (Wildman–Crippen MR) is 156 cm³/mol. The number of ether oxygens (including phenoxy) is 3. The molecule has 1 amide bonds. The van der Waals surface area contributed by atoms with Crippen LogP contribution in [0.1, 0.15) is 52.7 Å². The Hall–Kier alpha value is -3.25. The van der Waals surface area contributed by atoms with E-state index >= 15 is 0 Å². The fourth-order valence-corrected chi connectivity index (χ4v) is 6.36. The van der Waals surface area contributed by atoms with Crippen LogP contribution in [0.4, 0.5) is 0 Å². The fourth-order valence-electron chi connectivity index (χ4n) is 6.36. The molecule has 6 heteroatoms. The molecule has 3 aromatic carbocycles. The van der Waals surface area contributed by atoms with Crippen LogP contribution in [0.3, 0.4) is 0 Å². The number of methoxy groups -OCH3 is 3. The molecule has 2 aliphatic heterocycles. The normalized spacial score (nSPS) is 18.4. The molecule has 2 heterocycles. The van der Waals surface area contributed by atoms with Gasteiger partial charge in [0.25, 0.3) is 5.91 Å². The van der Waals surface area contributed by atoms with Gasteiger partial charge in [0.05, 0.1) is 21.3 Å². The first-order valence-electron chi connectivity index (χ1n) is 14.3. The topological polar surface area (TPSA) is 51.2 Å². The molecule has 0 aromatic heterocycles. The number of benzene rings is 3. The largest absolute Gasteiger partial charge is 0.496 e. The number of amides is 1. The summed E-state index contributed by atoms with van der Waals surface area (Å²) in [7, 11) is 4.99. The van der Waals surface area contributed by atoms with Crippen LogP contribution in [0.15, 0.2) is 42.5 Å². The Kier molecular flexibility index (Phi) is 8.61. The maximum absolute atomic E-state index is 13.5. The summed E-state index contributed by atoms with van der Waals surface area (Å²) in [4.78, 5) is 18.2. The molecule has 208 valence electrons. The minimum absolute atomic E-state index is 0.119. The minimum atomic E-state index is 0.119. The number of fused-ring (bicyclic) bond motifs is 2. The summed E-state index contributed by atoms with van der Waals surface area (Å²) < 4.78 is 16.4. The molecule has 1 atom stereocenters. The number of likely N-dealkylation sites (tertiary alicyclic amines) is 1. The Labute approximate surface area is 232 Å². The van der Waals surface area contributed by atoms with Crippen molar-refractivity contribution < 1.29 is 19.0 Å². The van der Waals surface area contributed by atoms with Crippen LogP contribution in [0.5, 0.6) is 17.2 Å². The summed E-state index contributed by atoms with van der Waals surface area (Å²) in [5.74, 6) is 2.86. The number of rotatable bonds is 8. The summed E-state index contributed by atoms with van der Waals surface area (Å²) in [6, 6.07) is 14.9. The van der Waals surface area contributed by atoms with Crippen LogP contribution < -0.4 is 14.2 Å². The number of carbonyl (C=O) groups is 1. The summed E-state index contributed by atoms with van der Waals surface area (Å²) in [5.41, 5.74) is 4.38. The lowest BCUT2D eigenvalue weighted by Gasteiger charge is -2.35. The lowest BCUT2D eigenvalue weighted by Crippen LogP contribution is -2.44. The van der Waals surface area contributed by atoms with Crippen molar-refractivity contribution >= 4 is 16.7 Å². The SMILES string of the molecule is COc1cc2c(cc1OC)C(=O)N(CC1CCCCCN(CCc3ccc4c(C)c(OC)ccc4c3)C1)CC2. The van der Waals surface area contributed by atoms with Crippen LogP contribution in [-0.2, 0) is 12.8 Å². The van der Waals surface area contributed by atoms with E-state index in [4.69, 9.17) is 14.2 Å². The monoisotopic (exact) mass is 530 g/mol. The van der Waals surface area contributed by atoms with Crippen molar-refractivity contribution in [3.8, 4) is 17.2 Å². The summed E-state index contributed by atoms with van der Waals surface area (Å²) in [5, 5.41) is 2.53. The molecule has 5 rings (SSSR count). The van der Waals surface area contributed by atoms with E-state index in [0.29, 0.717) is 17.4 Å². The van der Waals surface area contributed by atoms with Crippen molar-refractivity contribution in [2.24, 2.45) is 5.92 Å². The molecular weight excluding hydrogens is 488 g/mol. The van der Waals surface area contributed by atoms with Gasteiger partial charge in [0.1, 0.15) is 5.75 Å². The first-order chi connectivity index (χ1) is 19.0. The molecule has 0 N–H and O–H groups in total. The van der Waals surface area contributed by atoms with Gasteiger partial charge in [0, 0.05) is 31.7 Å². The van der Waals surface area contributed by atoms with Gasteiger partial charge in [-0.3, -0.25) is 4.79 Å². The Balaban J connectivity index is 1.24. The van der Waals surface area contributed by atoms with Crippen LogP contribution in [-0.4, -0.2) is 69.8 Å². The minimum Gasteiger partial charge on any atom is -0.496 e. The summed E-state index contributed by atoms with van der Waals surface area (Å²) in [6.07, 6.45) is 6.82. The number of aryl methyl sites for hydroxylation is 1. The maximum Gasteiger partial charge on any atom is 0.254 e. The molecule has 6 nitrogen and oxygen atoms in total. The number of carbonyl (C=O) groups excluding carboxylic acids is 1. The second-order valence-electron chi connectivity index (χ2n) is 11.1. The highest BCUT2D eigenvalue weighted by molar-refractivity contribution is 5.97. The average molecular weight is 531 g/mol. The molecule has 0 spiro atoms. The molecule has 1 saturated heterocycles. The van der Waals surface area contributed by atoms with Crippen LogP contribution in [0, 0.1) is 12.8 Å². The Morgan fingerprint density at radius 3 is 2.46 bits per heavy atom. The second kappa shape index (κ2) is 12.3. The second-order valence-corrected chi connectivity index (χ2v) is 11.1. The first-order valence-corrected chi connectivity index (χ1v) is 14.3. The number of hydrogen-bond donors (Lipinski definition) is 0. The molecular formula is C33H42N2O4. The molecule has 0 bridgehead atoms. The zero-order valence-electron chi connectivity index (χ0n) is 23.9. The molecule has 3 aromatic rings. The molecule has 0 radical (unpaired) electrons. The highest BCUT2D eigenvalue weighted by Crippen LogP contribution is 2.34. The predicted octanol–water partition coefficient (Wildman–Crippen LogP) is 5.91. The van der Waals surface area contributed by atoms with Crippen molar-refractivity contribution in [2.45, 2.75) is 45.4 Å². The molecule has 2 aliphatic rings. The van der Waals surface area contributed by atoms with Crippen molar-refractivity contribution in [3.63, 3.8) is 0 Å². The van der Waals surface area contributed by atoms with Gasteiger partial charge < -0.3 is 24.0 Å². The van der Waals surface area contributed by atoms with Crippen molar-refractivity contribution in [1.29, 1.82) is 0 Å². The smallest absolute Gasteiger partial charge is 0.254 e. The van der Waals surface area contributed by atoms with Gasteiger partial charge in [-0.15, -0.1) is 0 Å². The van der Waals surface area contributed by atoms with Crippen molar-refractivity contribution in [2.75, 3.05) is 54.1 Å². The number of nitrogens with zero attached hydrogens (tertiary/aromatic N) is 2. The average Bonchev–Trinajstić information content (AvgIpc) is 2.94. The Morgan fingerprint density at radius 1 is 0.872 bits per heavy atom. The van der Waals surface area contributed by atoms with Gasteiger partial charge in [0.15, 0.2) is 11.5 Å². The van der Waals surface area contributed by atoms with E-state index in [2.05, 4.69) is 47.1 Å². The van der Waals surface area contributed by atoms with Gasteiger partial charge in [-0.1, -0.05) is 37.1 Å². The third-order valence-corrected chi connectivity index (χ3v) is 8.60. The van der Waals surface area contributed by atoms with Crippen LogP contribution in [0.25, 0.3) is 10.8 Å². The third kappa shape index (κ3) is 6.01. The van der Waals surface area contributed by atoms with Gasteiger partial charge in [0.2, 0.25) is 0 Å². The van der Waals surface area contributed by atoms with E-state index in [1.54, 1.807) is 21.3 Å². The quantitative estimate of drug-likeness (QED) is 0.363. The molecule has 0 saturated carbocycles. The van der Waals surface area contributed by atoms with E-state index < -0.39 is 0 Å². The molecule has 0 aliphatic carbocycles. The van der Waals surface area contributed by atoms with Crippen molar-refractivity contribution in [3.05, 3.63) is 64.7 Å². The van der Waals surface area contributed by atoms with E-state index in [0.717, 1.165) is 62.4 Å². The molecule has 39 heavy (non-hydrogen) atoms. The zero-order chi connectivity index (χ0) is 27.4. The van der Waals surface area contributed by atoms with E-state index in [1.807, 2.05) is 12.1 Å². The van der Waals surface area contributed by atoms with Crippen molar-refractivity contribution in [1.82, 2.24) is 9.80 Å². The van der Waals surface area contributed by atoms with E-state index in [1.165, 1.54) is 47.6 Å². The lowest BCUT2D eigenvalue weighted by atomic mass is 9.93. The maximum atomic E-state index is 13.5. The highest BCUT2D eigenvalue weighted by atomic mass is 16.5. The standard InChI is InChI=1S/C33H42N2O4/c1-23-28-11-9-24(18-26(28)10-12-30(23)37-2)13-16-34-15-7-5-6-8-25(21-34)22-35-17-14-27-19-31(38-3)32(39-4)20-29(27)33(35)36/h9-12,18-20,25H,5-8,13-17,21-22H2,1-4H3. The Morgan fingerprint density at radius 2 is 1.67 bits per heavy atom. The Bertz CT molecular complexity index is 1320. The van der Waals surface area contributed by atoms with Crippen LogP contribution in [0.2, 0.25) is 0 Å². The van der Waals surface area contributed by atoms with Gasteiger partial charge in [-0.2, -0.15) is 0 Å². The highest BCUT2D eigenvalue weighted by Gasteiger charge is 2.29. The fraction of sp³-hybridized carbons (Fsp3) is 0.485. The van der Waals surface area contributed by atoms with E-state index in [9.17, 15) is 4.79 Å². The summed E-state index contributed by atoms with van der Waals surface area (Å²) in [6.45, 7) is 6.94. The first kappa shape index (κ1) is 27.3. The lowest BCUT2D eigenvalue weighted by molar-refractivity contribution is 0.0680. The van der Waals surface area contributed by atoms with Gasteiger partial charge >= 0.3 is 0 Å². The molecule has 1 fully saturated rings. The van der Waals surface area contributed by atoms with Gasteiger partial charge in [-0.25, -0.2) is 0 Å². The third-order valence-electron chi connectivity index (χ3n) is 8.60. The number of hydrogen-bond acceptors (Lipinski definition) is 5. The van der Waals surface area contributed by atoms with Gasteiger partial charge in [-0.05, 0) is 90.7 Å². The van der Waals surface area contributed by atoms with Crippen LogP contribution >= 0.6 is 0 Å².